The van der Waals surface area contributed by atoms with Crippen LogP contribution >= 0.6 is 0 Å². The van der Waals surface area contributed by atoms with Gasteiger partial charge in [0, 0.05) is 0 Å². The molecule has 0 heterocycles. The molecule has 0 fully saturated rings. The zero-order valence-electron chi connectivity index (χ0n) is 10.7. The Bertz CT molecular complexity index is 685. The van der Waals surface area contributed by atoms with Crippen molar-refractivity contribution in [3.8, 4) is 0 Å². The fourth-order valence-electron chi connectivity index (χ4n) is 1.55. The minimum absolute atomic E-state index is 0.619. The molecule has 0 saturated heterocycles. The lowest BCUT2D eigenvalue weighted by Crippen LogP contribution is -2.45. The number of carbonyl (C=O) groups excluding carboxylic acids is 1. The number of benzene rings is 1. The monoisotopic (exact) mass is 341 g/mol. The van der Waals surface area contributed by atoms with Crippen molar-refractivity contribution in [2.24, 2.45) is 0 Å². The third kappa shape index (κ3) is 5.00. The normalized spacial score (nSPS) is 13.5. The number of carboxylic acid groups (broad SMARTS) is 1. The number of carbonyl (C=O) groups is 2. The molecule has 0 aromatic heterocycles. The van der Waals surface area contributed by atoms with E-state index in [4.69, 9.17) is 9.66 Å². The van der Waals surface area contributed by atoms with E-state index in [2.05, 4.69) is 0 Å². The Labute approximate surface area is 122 Å². The standard InChI is InChI=1S/C11H10F3NO6S/c12-11(13,14)7-4-2-1-3-6(7)9(16)15-8(10(17)18)5-22(19,20)21/h1-4,8H,5H2,(H,15,16)(H,17,18)(H,19,20,21). The molecule has 3 N–H and O–H groups in total. The molecule has 1 atom stereocenters. The van der Waals surface area contributed by atoms with E-state index in [-0.39, 0.29) is 0 Å². The first kappa shape index (κ1) is 17.9. The number of carboxylic acids is 1. The van der Waals surface area contributed by atoms with E-state index in [1.54, 1.807) is 5.32 Å². The van der Waals surface area contributed by atoms with Crippen LogP contribution in [-0.4, -0.2) is 41.7 Å². The molecular formula is C11H10F3NO6S. The molecule has 22 heavy (non-hydrogen) atoms. The Hall–Kier alpha value is -2.14. The Balaban J connectivity index is 3.09. The van der Waals surface area contributed by atoms with Gasteiger partial charge in [-0.15, -0.1) is 0 Å². The fourth-order valence-corrected chi connectivity index (χ4v) is 2.20. The van der Waals surface area contributed by atoms with E-state index in [1.165, 1.54) is 0 Å². The van der Waals surface area contributed by atoms with Gasteiger partial charge in [-0.1, -0.05) is 12.1 Å². The SMILES string of the molecule is O=C(NC(CS(=O)(=O)O)C(=O)O)c1ccccc1C(F)(F)F. The summed E-state index contributed by atoms with van der Waals surface area (Å²) in [4.78, 5) is 22.6. The molecule has 122 valence electrons. The van der Waals surface area contributed by atoms with E-state index in [9.17, 15) is 31.2 Å². The van der Waals surface area contributed by atoms with Gasteiger partial charge in [-0.25, -0.2) is 4.79 Å². The number of aliphatic carboxylic acids is 1. The summed E-state index contributed by atoms with van der Waals surface area (Å²) in [7, 11) is -4.75. The van der Waals surface area contributed by atoms with Gasteiger partial charge in [-0.05, 0) is 12.1 Å². The molecule has 1 rings (SSSR count). The van der Waals surface area contributed by atoms with Crippen LogP contribution in [0.25, 0.3) is 0 Å². The van der Waals surface area contributed by atoms with Crippen molar-refractivity contribution in [2.45, 2.75) is 12.2 Å². The molecule has 0 saturated carbocycles. The molecular weight excluding hydrogens is 331 g/mol. The molecule has 0 radical (unpaired) electrons. The van der Waals surface area contributed by atoms with Crippen LogP contribution in [0.5, 0.6) is 0 Å². The van der Waals surface area contributed by atoms with Crippen molar-refractivity contribution in [3.63, 3.8) is 0 Å². The summed E-state index contributed by atoms with van der Waals surface area (Å²) in [6, 6.07) is 1.50. The minimum atomic E-state index is -4.85. The molecule has 11 heteroatoms. The van der Waals surface area contributed by atoms with E-state index in [0.29, 0.717) is 6.07 Å². The molecule has 0 aliphatic rings. The molecule has 1 aromatic rings. The second-order valence-electron chi connectivity index (χ2n) is 4.16. The fraction of sp³-hybridized carbons (Fsp3) is 0.273. The van der Waals surface area contributed by atoms with Crippen molar-refractivity contribution < 1.29 is 40.8 Å². The van der Waals surface area contributed by atoms with E-state index in [0.717, 1.165) is 18.2 Å². The van der Waals surface area contributed by atoms with E-state index in [1.807, 2.05) is 0 Å². The predicted molar refractivity (Wildman–Crippen MR) is 66.7 cm³/mol. The molecule has 0 aliphatic carbocycles. The average molecular weight is 341 g/mol. The highest BCUT2D eigenvalue weighted by Crippen LogP contribution is 2.31. The molecule has 0 bridgehead atoms. The smallest absolute Gasteiger partial charge is 0.417 e. The maximum atomic E-state index is 12.7. The van der Waals surface area contributed by atoms with Crippen molar-refractivity contribution in [1.29, 1.82) is 0 Å². The Morgan fingerprint density at radius 1 is 1.23 bits per heavy atom. The number of hydrogen-bond donors (Lipinski definition) is 3. The molecule has 0 aliphatic heterocycles. The zero-order valence-corrected chi connectivity index (χ0v) is 11.5. The lowest BCUT2D eigenvalue weighted by atomic mass is 10.1. The summed E-state index contributed by atoms with van der Waals surface area (Å²) in [6.45, 7) is 0. The Morgan fingerprint density at radius 3 is 2.23 bits per heavy atom. The summed E-state index contributed by atoms with van der Waals surface area (Å²) in [5.41, 5.74) is -2.17. The maximum Gasteiger partial charge on any atom is 0.417 e. The Kier molecular flexibility index (Phi) is 5.14. The third-order valence-electron chi connectivity index (χ3n) is 2.46. The first-order chi connectivity index (χ1) is 9.92. The van der Waals surface area contributed by atoms with Gasteiger partial charge in [-0.3, -0.25) is 9.35 Å². The number of alkyl halides is 3. The van der Waals surface area contributed by atoms with Gasteiger partial charge in [-0.2, -0.15) is 21.6 Å². The quantitative estimate of drug-likeness (QED) is 0.681. The van der Waals surface area contributed by atoms with Crippen LogP contribution in [0.15, 0.2) is 24.3 Å². The average Bonchev–Trinajstić information content (AvgIpc) is 2.35. The van der Waals surface area contributed by atoms with Crippen molar-refractivity contribution in [1.82, 2.24) is 5.32 Å². The molecule has 0 spiro atoms. The molecule has 1 amide bonds. The largest absolute Gasteiger partial charge is 0.480 e. The summed E-state index contributed by atoms with van der Waals surface area (Å²) in [5, 5.41) is 10.4. The van der Waals surface area contributed by atoms with Crippen molar-refractivity contribution >= 4 is 22.0 Å². The van der Waals surface area contributed by atoms with Gasteiger partial charge in [0.05, 0.1) is 11.1 Å². The summed E-state index contributed by atoms with van der Waals surface area (Å²) in [6.07, 6.45) is -4.85. The highest BCUT2D eigenvalue weighted by atomic mass is 32.2. The zero-order chi connectivity index (χ0) is 17.1. The van der Waals surface area contributed by atoms with Crippen LogP contribution in [0.4, 0.5) is 13.2 Å². The topological polar surface area (TPSA) is 121 Å². The van der Waals surface area contributed by atoms with Crippen LogP contribution in [-0.2, 0) is 21.1 Å². The molecule has 7 nitrogen and oxygen atoms in total. The van der Waals surface area contributed by atoms with Crippen LogP contribution in [0.2, 0.25) is 0 Å². The molecule has 1 aromatic carbocycles. The number of rotatable bonds is 5. The van der Waals surface area contributed by atoms with Crippen LogP contribution in [0.3, 0.4) is 0 Å². The van der Waals surface area contributed by atoms with Gasteiger partial charge in [0.25, 0.3) is 16.0 Å². The Morgan fingerprint density at radius 2 is 1.77 bits per heavy atom. The first-order valence-corrected chi connectivity index (χ1v) is 7.18. The van der Waals surface area contributed by atoms with E-state index < -0.39 is 51.1 Å². The second kappa shape index (κ2) is 6.32. The van der Waals surface area contributed by atoms with Gasteiger partial charge in [0.2, 0.25) is 0 Å². The maximum absolute atomic E-state index is 12.7. The number of hydrogen-bond acceptors (Lipinski definition) is 4. The first-order valence-electron chi connectivity index (χ1n) is 5.57. The minimum Gasteiger partial charge on any atom is -0.480 e. The highest BCUT2D eigenvalue weighted by molar-refractivity contribution is 7.85. The number of nitrogens with one attached hydrogen (secondary N) is 1. The lowest BCUT2D eigenvalue weighted by molar-refractivity contribution is -0.138. The number of halogens is 3. The van der Waals surface area contributed by atoms with Crippen molar-refractivity contribution in [3.05, 3.63) is 35.4 Å². The van der Waals surface area contributed by atoms with Crippen molar-refractivity contribution in [2.75, 3.05) is 5.75 Å². The number of amides is 1. The predicted octanol–water partition coefficient (Wildman–Crippen LogP) is 0.776. The van der Waals surface area contributed by atoms with Crippen LogP contribution < -0.4 is 5.32 Å². The summed E-state index contributed by atoms with van der Waals surface area (Å²) >= 11 is 0. The third-order valence-corrected chi connectivity index (χ3v) is 3.21. The van der Waals surface area contributed by atoms with Gasteiger partial charge >= 0.3 is 12.1 Å². The van der Waals surface area contributed by atoms with Gasteiger partial charge in [0.15, 0.2) is 0 Å². The lowest BCUT2D eigenvalue weighted by Gasteiger charge is -2.16. The van der Waals surface area contributed by atoms with Crippen LogP contribution in [0, 0.1) is 0 Å². The van der Waals surface area contributed by atoms with Gasteiger partial charge < -0.3 is 10.4 Å². The second-order valence-corrected chi connectivity index (χ2v) is 5.65. The highest BCUT2D eigenvalue weighted by Gasteiger charge is 2.36. The van der Waals surface area contributed by atoms with Crippen LogP contribution in [0.1, 0.15) is 15.9 Å². The molecule has 1 unspecified atom stereocenters. The summed E-state index contributed by atoms with van der Waals surface area (Å²) in [5.74, 6) is -4.62. The van der Waals surface area contributed by atoms with E-state index >= 15 is 0 Å². The van der Waals surface area contributed by atoms with Gasteiger partial charge in [0.1, 0.15) is 11.8 Å². The summed E-state index contributed by atoms with van der Waals surface area (Å²) < 4.78 is 68.1.